The molecule has 1 aliphatic heterocycles. The topological polar surface area (TPSA) is 57.7 Å². The van der Waals surface area contributed by atoms with Gasteiger partial charge in [-0.05, 0) is 56.2 Å². The summed E-state index contributed by atoms with van der Waals surface area (Å²) in [7, 11) is 0. The maximum atomic E-state index is 12.6. The first-order valence-electron chi connectivity index (χ1n) is 10.4. The number of carbonyl (C=O) groups is 1. The molecule has 1 aliphatic rings. The van der Waals surface area contributed by atoms with E-state index in [1.807, 2.05) is 25.1 Å². The van der Waals surface area contributed by atoms with Crippen LogP contribution in [-0.4, -0.2) is 55.1 Å². The molecule has 3 aromatic rings. The number of rotatable bonds is 6. The molecule has 0 unspecified atom stereocenters. The van der Waals surface area contributed by atoms with Gasteiger partial charge in [-0.15, -0.1) is 0 Å². The highest BCUT2D eigenvalue weighted by molar-refractivity contribution is 7.22. The molecule has 0 spiro atoms. The summed E-state index contributed by atoms with van der Waals surface area (Å²) >= 11 is 1.48. The number of hydrogen-bond acceptors (Lipinski definition) is 6. The van der Waals surface area contributed by atoms with E-state index in [1.54, 1.807) is 0 Å². The van der Waals surface area contributed by atoms with Gasteiger partial charge in [0, 0.05) is 31.9 Å². The van der Waals surface area contributed by atoms with Gasteiger partial charge in [0.25, 0.3) is 0 Å². The molecule has 1 amide bonds. The Hall–Kier alpha value is -2.64. The van der Waals surface area contributed by atoms with Crippen LogP contribution in [-0.2, 0) is 4.79 Å². The molecule has 0 saturated carbocycles. The molecule has 30 heavy (non-hydrogen) atoms. The predicted octanol–water partition coefficient (Wildman–Crippen LogP) is 4.07. The van der Waals surface area contributed by atoms with Crippen LogP contribution in [0.4, 0.5) is 10.8 Å². The Bertz CT molecular complexity index is 1040. The first-order chi connectivity index (χ1) is 14.5. The number of amides is 1. The number of hydrogen-bond donors (Lipinski definition) is 1. The van der Waals surface area contributed by atoms with Crippen molar-refractivity contribution < 1.29 is 9.53 Å². The number of ether oxygens (including phenoxy) is 1. The minimum atomic E-state index is -0.0146. The van der Waals surface area contributed by atoms with Gasteiger partial charge in [-0.3, -0.25) is 9.69 Å². The molecule has 7 heteroatoms. The van der Waals surface area contributed by atoms with Gasteiger partial charge in [0.05, 0.1) is 23.4 Å². The number of aryl methyl sites for hydroxylation is 1. The Morgan fingerprint density at radius 3 is 2.73 bits per heavy atom. The van der Waals surface area contributed by atoms with E-state index in [-0.39, 0.29) is 5.91 Å². The second kappa shape index (κ2) is 9.02. The fourth-order valence-electron chi connectivity index (χ4n) is 3.80. The van der Waals surface area contributed by atoms with E-state index in [1.165, 1.54) is 28.2 Å². The maximum absolute atomic E-state index is 12.6. The lowest BCUT2D eigenvalue weighted by atomic mass is 10.1. The summed E-state index contributed by atoms with van der Waals surface area (Å²) < 4.78 is 6.55. The summed E-state index contributed by atoms with van der Waals surface area (Å²) in [6.45, 7) is 10.9. The molecular formula is C23H28N4O2S. The predicted molar refractivity (Wildman–Crippen MR) is 124 cm³/mol. The first-order valence-corrected chi connectivity index (χ1v) is 11.2. The molecule has 1 saturated heterocycles. The molecule has 0 aliphatic carbocycles. The lowest BCUT2D eigenvalue weighted by Crippen LogP contribution is -2.48. The van der Waals surface area contributed by atoms with E-state index < -0.39 is 0 Å². The van der Waals surface area contributed by atoms with Crippen LogP contribution in [0.25, 0.3) is 10.2 Å². The molecule has 2 aromatic carbocycles. The van der Waals surface area contributed by atoms with Crippen molar-refractivity contribution in [3.05, 3.63) is 47.5 Å². The number of benzene rings is 2. The van der Waals surface area contributed by atoms with Crippen molar-refractivity contribution in [1.82, 2.24) is 9.88 Å². The normalized spacial score (nSPS) is 14.8. The van der Waals surface area contributed by atoms with Crippen LogP contribution >= 0.6 is 11.3 Å². The third-order valence-electron chi connectivity index (χ3n) is 5.57. The summed E-state index contributed by atoms with van der Waals surface area (Å²) in [6, 6.07) is 12.3. The van der Waals surface area contributed by atoms with Crippen molar-refractivity contribution in [2.24, 2.45) is 0 Å². The maximum Gasteiger partial charge on any atom is 0.240 e. The number of nitrogens with zero attached hydrogens (tertiary/aromatic N) is 3. The summed E-state index contributed by atoms with van der Waals surface area (Å²) in [5.41, 5.74) is 4.84. The zero-order chi connectivity index (χ0) is 21.1. The van der Waals surface area contributed by atoms with Gasteiger partial charge in [0.15, 0.2) is 5.13 Å². The Morgan fingerprint density at radius 2 is 1.97 bits per heavy atom. The van der Waals surface area contributed by atoms with Gasteiger partial charge in [-0.2, -0.15) is 0 Å². The average molecular weight is 425 g/mol. The average Bonchev–Trinajstić information content (AvgIpc) is 3.12. The largest absolute Gasteiger partial charge is 0.494 e. The fourth-order valence-corrected chi connectivity index (χ4v) is 4.71. The highest BCUT2D eigenvalue weighted by atomic mass is 32.1. The van der Waals surface area contributed by atoms with Crippen molar-refractivity contribution in [2.45, 2.75) is 20.8 Å². The van der Waals surface area contributed by atoms with Crippen LogP contribution in [0, 0.1) is 13.8 Å². The molecule has 6 nitrogen and oxygen atoms in total. The lowest BCUT2D eigenvalue weighted by molar-refractivity contribution is -0.117. The number of aromatic nitrogens is 1. The standard InChI is InChI=1S/C23H28N4O2S/c1-4-29-18-8-9-19-21(14-18)30-23(24-19)25-22(28)15-26-10-12-27(13-11-26)20-7-5-6-16(2)17(20)3/h5-9,14H,4,10-13,15H2,1-3H3,(H,24,25,28). The minimum absolute atomic E-state index is 0.0146. The number of thiazole rings is 1. The molecule has 4 rings (SSSR count). The minimum Gasteiger partial charge on any atom is -0.494 e. The van der Waals surface area contributed by atoms with Crippen LogP contribution in [0.1, 0.15) is 18.1 Å². The van der Waals surface area contributed by atoms with E-state index in [4.69, 9.17) is 4.74 Å². The second-order valence-electron chi connectivity index (χ2n) is 7.61. The van der Waals surface area contributed by atoms with Crippen molar-refractivity contribution in [3.63, 3.8) is 0 Å². The highest BCUT2D eigenvalue weighted by Gasteiger charge is 2.21. The van der Waals surface area contributed by atoms with Gasteiger partial charge in [-0.25, -0.2) is 4.98 Å². The van der Waals surface area contributed by atoms with Crippen LogP contribution < -0.4 is 15.0 Å². The van der Waals surface area contributed by atoms with E-state index in [9.17, 15) is 4.79 Å². The summed E-state index contributed by atoms with van der Waals surface area (Å²) in [5, 5.41) is 3.60. The monoisotopic (exact) mass is 424 g/mol. The van der Waals surface area contributed by atoms with Crippen LogP contribution in [0.2, 0.25) is 0 Å². The van der Waals surface area contributed by atoms with Crippen molar-refractivity contribution in [3.8, 4) is 5.75 Å². The lowest BCUT2D eigenvalue weighted by Gasteiger charge is -2.36. The van der Waals surface area contributed by atoms with E-state index in [2.05, 4.69) is 52.1 Å². The number of nitrogens with one attached hydrogen (secondary N) is 1. The number of anilines is 2. The summed E-state index contributed by atoms with van der Waals surface area (Å²) in [4.78, 5) is 21.7. The fraction of sp³-hybridized carbons (Fsp3) is 0.391. The second-order valence-corrected chi connectivity index (χ2v) is 8.64. The van der Waals surface area contributed by atoms with Crippen molar-refractivity contribution in [2.75, 3.05) is 49.5 Å². The van der Waals surface area contributed by atoms with Crippen LogP contribution in [0.15, 0.2) is 36.4 Å². The van der Waals surface area contributed by atoms with Crippen LogP contribution in [0.3, 0.4) is 0 Å². The Labute approximate surface area is 181 Å². The van der Waals surface area contributed by atoms with Gasteiger partial charge in [0.2, 0.25) is 5.91 Å². The van der Waals surface area contributed by atoms with Crippen molar-refractivity contribution >= 4 is 38.3 Å². The Kier molecular flexibility index (Phi) is 6.20. The van der Waals surface area contributed by atoms with Crippen molar-refractivity contribution in [1.29, 1.82) is 0 Å². The molecule has 0 bridgehead atoms. The quantitative estimate of drug-likeness (QED) is 0.646. The zero-order valence-corrected chi connectivity index (χ0v) is 18.6. The Balaban J connectivity index is 1.32. The van der Waals surface area contributed by atoms with Gasteiger partial charge < -0.3 is 15.0 Å². The molecule has 1 N–H and O–H groups in total. The number of fused-ring (bicyclic) bond motifs is 1. The molecule has 0 radical (unpaired) electrons. The van der Waals surface area contributed by atoms with Gasteiger partial charge in [0.1, 0.15) is 5.75 Å². The molecule has 0 atom stereocenters. The first kappa shape index (κ1) is 20.6. The van der Waals surface area contributed by atoms with Gasteiger partial charge >= 0.3 is 0 Å². The van der Waals surface area contributed by atoms with Gasteiger partial charge in [-0.1, -0.05) is 23.5 Å². The van der Waals surface area contributed by atoms with Crippen LogP contribution in [0.5, 0.6) is 5.75 Å². The zero-order valence-electron chi connectivity index (χ0n) is 17.8. The SMILES string of the molecule is CCOc1ccc2nc(NC(=O)CN3CCN(c4cccc(C)c4C)CC3)sc2c1. The van der Waals surface area contributed by atoms with E-state index >= 15 is 0 Å². The van der Waals surface area contributed by atoms with E-state index in [0.717, 1.165) is 42.1 Å². The summed E-state index contributed by atoms with van der Waals surface area (Å²) in [6.07, 6.45) is 0. The number of piperazine rings is 1. The summed E-state index contributed by atoms with van der Waals surface area (Å²) in [5.74, 6) is 0.813. The Morgan fingerprint density at radius 1 is 1.17 bits per heavy atom. The number of carbonyl (C=O) groups excluding carboxylic acids is 1. The molecule has 2 heterocycles. The molecule has 158 valence electrons. The molecule has 1 aromatic heterocycles. The van der Waals surface area contributed by atoms with E-state index in [0.29, 0.717) is 18.3 Å². The highest BCUT2D eigenvalue weighted by Crippen LogP contribution is 2.29. The third kappa shape index (κ3) is 4.57. The molecule has 1 fully saturated rings. The molecular weight excluding hydrogens is 396 g/mol. The third-order valence-corrected chi connectivity index (χ3v) is 6.51. The smallest absolute Gasteiger partial charge is 0.240 e.